The summed E-state index contributed by atoms with van der Waals surface area (Å²) in [6.07, 6.45) is 3.91. The Labute approximate surface area is 136 Å². The number of aromatic nitrogens is 2. The minimum absolute atomic E-state index is 0.0379. The summed E-state index contributed by atoms with van der Waals surface area (Å²) in [6, 6.07) is 11.9. The van der Waals surface area contributed by atoms with E-state index in [0.29, 0.717) is 11.7 Å². The summed E-state index contributed by atoms with van der Waals surface area (Å²) in [5.74, 6) is -1.06. The maximum atomic E-state index is 10.8. The van der Waals surface area contributed by atoms with Crippen LogP contribution in [0.3, 0.4) is 0 Å². The van der Waals surface area contributed by atoms with Gasteiger partial charge in [-0.2, -0.15) is 0 Å². The van der Waals surface area contributed by atoms with Gasteiger partial charge in [-0.1, -0.05) is 30.7 Å². The Morgan fingerprint density at radius 3 is 2.30 bits per heavy atom. The second-order valence-electron chi connectivity index (χ2n) is 6.00. The van der Waals surface area contributed by atoms with Crippen LogP contribution in [0.15, 0.2) is 36.4 Å². The van der Waals surface area contributed by atoms with Crippen LogP contribution in [0, 0.1) is 0 Å². The SMILES string of the molecule is C[C@H](c1ccc(-c2ccc(C(=O)O)nn2)cc1)N1CCCCC1. The zero-order valence-corrected chi connectivity index (χ0v) is 13.3. The van der Waals surface area contributed by atoms with Crippen molar-refractivity contribution in [2.75, 3.05) is 13.1 Å². The molecule has 2 heterocycles. The van der Waals surface area contributed by atoms with Crippen molar-refractivity contribution in [1.82, 2.24) is 15.1 Å². The molecule has 5 nitrogen and oxygen atoms in total. The highest BCUT2D eigenvalue weighted by Crippen LogP contribution is 2.26. The first-order chi connectivity index (χ1) is 11.1. The van der Waals surface area contributed by atoms with Gasteiger partial charge in [0, 0.05) is 11.6 Å². The lowest BCUT2D eigenvalue weighted by atomic mass is 10.0. The van der Waals surface area contributed by atoms with Crippen LogP contribution in [-0.2, 0) is 0 Å². The predicted octanol–water partition coefficient (Wildman–Crippen LogP) is 3.39. The van der Waals surface area contributed by atoms with Crippen molar-refractivity contribution in [2.45, 2.75) is 32.2 Å². The van der Waals surface area contributed by atoms with E-state index in [0.717, 1.165) is 5.56 Å². The van der Waals surface area contributed by atoms with E-state index in [1.165, 1.54) is 44.0 Å². The van der Waals surface area contributed by atoms with Gasteiger partial charge in [0.1, 0.15) is 0 Å². The lowest BCUT2D eigenvalue weighted by Crippen LogP contribution is -2.32. The normalized spacial score (nSPS) is 16.9. The van der Waals surface area contributed by atoms with Gasteiger partial charge in [0.25, 0.3) is 0 Å². The first-order valence-corrected chi connectivity index (χ1v) is 8.06. The molecule has 2 aromatic rings. The summed E-state index contributed by atoms with van der Waals surface area (Å²) >= 11 is 0. The third kappa shape index (κ3) is 3.56. The van der Waals surface area contributed by atoms with Crippen LogP contribution in [0.2, 0.25) is 0 Å². The Balaban J connectivity index is 1.74. The summed E-state index contributed by atoms with van der Waals surface area (Å²) in [5, 5.41) is 16.6. The maximum absolute atomic E-state index is 10.8. The Morgan fingerprint density at radius 1 is 1.04 bits per heavy atom. The monoisotopic (exact) mass is 311 g/mol. The standard InChI is InChI=1S/C18H21N3O2/c1-13(21-11-3-2-4-12-21)14-5-7-15(8-6-14)16-9-10-17(18(22)23)20-19-16/h5-10,13H,2-4,11-12H2,1H3,(H,22,23)/t13-/m1/s1. The molecule has 0 unspecified atom stereocenters. The molecule has 1 aromatic carbocycles. The summed E-state index contributed by atoms with van der Waals surface area (Å²) in [4.78, 5) is 13.3. The number of carboxylic acids is 1. The molecule has 0 radical (unpaired) electrons. The summed E-state index contributed by atoms with van der Waals surface area (Å²) in [6.45, 7) is 4.60. The van der Waals surface area contributed by atoms with E-state index in [9.17, 15) is 4.79 Å². The molecule has 1 N–H and O–H groups in total. The Morgan fingerprint density at radius 2 is 1.74 bits per heavy atom. The van der Waals surface area contributed by atoms with E-state index >= 15 is 0 Å². The zero-order valence-electron chi connectivity index (χ0n) is 13.3. The Hall–Kier alpha value is -2.27. The van der Waals surface area contributed by atoms with Crippen molar-refractivity contribution in [3.63, 3.8) is 0 Å². The lowest BCUT2D eigenvalue weighted by molar-refractivity contribution is 0.0689. The highest BCUT2D eigenvalue weighted by atomic mass is 16.4. The number of rotatable bonds is 4. The van der Waals surface area contributed by atoms with Gasteiger partial charge in [0.05, 0.1) is 5.69 Å². The topological polar surface area (TPSA) is 66.3 Å². The Bertz CT molecular complexity index is 662. The Kier molecular flexibility index (Phi) is 4.67. The number of carbonyl (C=O) groups is 1. The molecule has 120 valence electrons. The van der Waals surface area contributed by atoms with E-state index in [2.05, 4.69) is 34.2 Å². The number of hydrogen-bond acceptors (Lipinski definition) is 4. The molecule has 1 saturated heterocycles. The number of hydrogen-bond donors (Lipinski definition) is 1. The molecule has 1 aliphatic heterocycles. The quantitative estimate of drug-likeness (QED) is 0.937. The third-order valence-electron chi connectivity index (χ3n) is 4.51. The van der Waals surface area contributed by atoms with Crippen molar-refractivity contribution in [3.05, 3.63) is 47.7 Å². The second kappa shape index (κ2) is 6.87. The molecule has 0 aliphatic carbocycles. The van der Waals surface area contributed by atoms with Crippen LogP contribution in [0.25, 0.3) is 11.3 Å². The van der Waals surface area contributed by atoms with E-state index in [4.69, 9.17) is 5.11 Å². The maximum Gasteiger partial charge on any atom is 0.356 e. The molecule has 1 aliphatic rings. The van der Waals surface area contributed by atoms with Gasteiger partial charge < -0.3 is 5.11 Å². The molecule has 3 rings (SSSR count). The van der Waals surface area contributed by atoms with E-state index in [-0.39, 0.29) is 5.69 Å². The fourth-order valence-electron chi connectivity index (χ4n) is 3.05. The number of piperidine rings is 1. The summed E-state index contributed by atoms with van der Waals surface area (Å²) in [5.41, 5.74) is 2.89. The minimum atomic E-state index is -1.06. The molecule has 1 atom stereocenters. The van der Waals surface area contributed by atoms with Crippen LogP contribution >= 0.6 is 0 Å². The van der Waals surface area contributed by atoms with E-state index in [1.807, 2.05) is 12.1 Å². The average Bonchev–Trinajstić information content (AvgIpc) is 2.62. The number of aromatic carboxylic acids is 1. The predicted molar refractivity (Wildman–Crippen MR) is 88.3 cm³/mol. The average molecular weight is 311 g/mol. The molecule has 1 fully saturated rings. The molecular weight excluding hydrogens is 290 g/mol. The fraction of sp³-hybridized carbons (Fsp3) is 0.389. The molecular formula is C18H21N3O2. The van der Waals surface area contributed by atoms with Gasteiger partial charge in [-0.05, 0) is 50.6 Å². The first kappa shape index (κ1) is 15.6. The highest BCUT2D eigenvalue weighted by molar-refractivity contribution is 5.85. The van der Waals surface area contributed by atoms with Gasteiger partial charge >= 0.3 is 5.97 Å². The molecule has 23 heavy (non-hydrogen) atoms. The molecule has 1 aromatic heterocycles. The fourth-order valence-corrected chi connectivity index (χ4v) is 3.05. The number of nitrogens with zero attached hydrogens (tertiary/aromatic N) is 3. The summed E-state index contributed by atoms with van der Waals surface area (Å²) < 4.78 is 0. The van der Waals surface area contributed by atoms with Crippen molar-refractivity contribution in [1.29, 1.82) is 0 Å². The number of carboxylic acid groups (broad SMARTS) is 1. The van der Waals surface area contributed by atoms with Crippen molar-refractivity contribution < 1.29 is 9.90 Å². The van der Waals surface area contributed by atoms with Crippen LogP contribution in [0.5, 0.6) is 0 Å². The third-order valence-corrected chi connectivity index (χ3v) is 4.51. The largest absolute Gasteiger partial charge is 0.476 e. The van der Waals surface area contributed by atoms with Crippen LogP contribution in [0.1, 0.15) is 48.3 Å². The number of likely N-dealkylation sites (tertiary alicyclic amines) is 1. The summed E-state index contributed by atoms with van der Waals surface area (Å²) in [7, 11) is 0. The molecule has 0 saturated carbocycles. The van der Waals surface area contributed by atoms with Crippen molar-refractivity contribution in [3.8, 4) is 11.3 Å². The number of benzene rings is 1. The van der Waals surface area contributed by atoms with Gasteiger partial charge in [-0.15, -0.1) is 10.2 Å². The van der Waals surface area contributed by atoms with Gasteiger partial charge in [0.15, 0.2) is 5.69 Å². The van der Waals surface area contributed by atoms with Crippen molar-refractivity contribution >= 4 is 5.97 Å². The van der Waals surface area contributed by atoms with E-state index < -0.39 is 5.97 Å². The van der Waals surface area contributed by atoms with E-state index in [1.54, 1.807) is 6.07 Å². The first-order valence-electron chi connectivity index (χ1n) is 8.06. The van der Waals surface area contributed by atoms with Crippen LogP contribution in [-0.4, -0.2) is 39.3 Å². The lowest BCUT2D eigenvalue weighted by Gasteiger charge is -2.32. The molecule has 0 amide bonds. The highest BCUT2D eigenvalue weighted by Gasteiger charge is 2.18. The van der Waals surface area contributed by atoms with Crippen LogP contribution < -0.4 is 0 Å². The minimum Gasteiger partial charge on any atom is -0.476 e. The molecule has 5 heteroatoms. The smallest absolute Gasteiger partial charge is 0.356 e. The van der Waals surface area contributed by atoms with Crippen LogP contribution in [0.4, 0.5) is 0 Å². The van der Waals surface area contributed by atoms with Crippen molar-refractivity contribution in [2.24, 2.45) is 0 Å². The molecule has 0 bridgehead atoms. The van der Waals surface area contributed by atoms with Gasteiger partial charge in [0.2, 0.25) is 0 Å². The van der Waals surface area contributed by atoms with Gasteiger partial charge in [-0.3, -0.25) is 4.90 Å². The van der Waals surface area contributed by atoms with Gasteiger partial charge in [-0.25, -0.2) is 4.79 Å². The second-order valence-corrected chi connectivity index (χ2v) is 6.00. The molecule has 0 spiro atoms. The zero-order chi connectivity index (χ0) is 16.2.